The van der Waals surface area contributed by atoms with E-state index in [1.807, 2.05) is 0 Å². The molecule has 0 atom stereocenters. The Morgan fingerprint density at radius 2 is 2.20 bits per heavy atom. The zero-order valence-corrected chi connectivity index (χ0v) is 9.64. The molecule has 0 bridgehead atoms. The summed E-state index contributed by atoms with van der Waals surface area (Å²) in [5.41, 5.74) is 3.44. The molecule has 0 spiro atoms. The third-order valence-electron chi connectivity index (χ3n) is 1.81. The van der Waals surface area contributed by atoms with E-state index >= 15 is 0 Å². The van der Waals surface area contributed by atoms with E-state index in [-0.39, 0.29) is 5.02 Å². The highest BCUT2D eigenvalue weighted by atomic mass is 35.5. The SMILES string of the molecule is CC(C)CONCc1cccc(F)c1Cl. The highest BCUT2D eigenvalue weighted by Crippen LogP contribution is 2.19. The Labute approximate surface area is 94.3 Å². The number of halogens is 2. The van der Waals surface area contributed by atoms with Gasteiger partial charge < -0.3 is 4.84 Å². The van der Waals surface area contributed by atoms with E-state index in [1.165, 1.54) is 6.07 Å². The summed E-state index contributed by atoms with van der Waals surface area (Å²) in [4.78, 5) is 5.16. The maximum atomic E-state index is 13.0. The minimum atomic E-state index is -0.403. The molecule has 1 rings (SSSR count). The lowest BCUT2D eigenvalue weighted by Gasteiger charge is -2.09. The molecule has 4 heteroatoms. The first-order valence-electron chi connectivity index (χ1n) is 4.88. The van der Waals surface area contributed by atoms with Crippen molar-refractivity contribution in [2.45, 2.75) is 20.4 Å². The van der Waals surface area contributed by atoms with Crippen LogP contribution in [0.25, 0.3) is 0 Å². The van der Waals surface area contributed by atoms with E-state index < -0.39 is 5.82 Å². The summed E-state index contributed by atoms with van der Waals surface area (Å²) in [6, 6.07) is 4.72. The summed E-state index contributed by atoms with van der Waals surface area (Å²) in [6.45, 7) is 5.13. The van der Waals surface area contributed by atoms with Crippen molar-refractivity contribution in [1.82, 2.24) is 5.48 Å². The van der Waals surface area contributed by atoms with Crippen LogP contribution in [-0.4, -0.2) is 6.61 Å². The summed E-state index contributed by atoms with van der Waals surface area (Å²) in [5, 5.41) is 0.151. The van der Waals surface area contributed by atoms with E-state index in [2.05, 4.69) is 19.3 Å². The number of rotatable bonds is 5. The molecule has 0 heterocycles. The van der Waals surface area contributed by atoms with Gasteiger partial charge in [-0.1, -0.05) is 37.6 Å². The van der Waals surface area contributed by atoms with Crippen molar-refractivity contribution in [3.63, 3.8) is 0 Å². The number of benzene rings is 1. The number of hydrogen-bond acceptors (Lipinski definition) is 2. The standard InChI is InChI=1S/C11H15ClFNO/c1-8(2)7-15-14-6-9-4-3-5-10(13)11(9)12/h3-5,8,14H,6-7H2,1-2H3. The van der Waals surface area contributed by atoms with Gasteiger partial charge in [0, 0.05) is 6.54 Å². The van der Waals surface area contributed by atoms with Gasteiger partial charge >= 0.3 is 0 Å². The van der Waals surface area contributed by atoms with E-state index in [0.717, 1.165) is 0 Å². The van der Waals surface area contributed by atoms with Crippen molar-refractivity contribution in [3.05, 3.63) is 34.6 Å². The van der Waals surface area contributed by atoms with Crippen LogP contribution in [0, 0.1) is 11.7 Å². The van der Waals surface area contributed by atoms with E-state index in [4.69, 9.17) is 16.4 Å². The van der Waals surface area contributed by atoms with Crippen LogP contribution in [0.1, 0.15) is 19.4 Å². The van der Waals surface area contributed by atoms with Crippen molar-refractivity contribution < 1.29 is 9.23 Å². The summed E-state index contributed by atoms with van der Waals surface area (Å²) < 4.78 is 13.0. The van der Waals surface area contributed by atoms with Gasteiger partial charge in [0.1, 0.15) is 5.82 Å². The fourth-order valence-corrected chi connectivity index (χ4v) is 1.23. The molecule has 0 aliphatic rings. The molecule has 0 amide bonds. The third kappa shape index (κ3) is 4.16. The lowest BCUT2D eigenvalue weighted by atomic mass is 10.2. The zero-order chi connectivity index (χ0) is 11.3. The summed E-state index contributed by atoms with van der Waals surface area (Å²) in [6.07, 6.45) is 0. The van der Waals surface area contributed by atoms with Gasteiger partial charge in [-0.25, -0.2) is 4.39 Å². The fraction of sp³-hybridized carbons (Fsp3) is 0.455. The smallest absolute Gasteiger partial charge is 0.142 e. The molecule has 0 fully saturated rings. The van der Waals surface area contributed by atoms with Gasteiger partial charge in [0.15, 0.2) is 0 Å². The second kappa shape index (κ2) is 6.05. The zero-order valence-electron chi connectivity index (χ0n) is 8.89. The first-order chi connectivity index (χ1) is 7.11. The Balaban J connectivity index is 2.41. The van der Waals surface area contributed by atoms with Crippen LogP contribution < -0.4 is 5.48 Å². The number of hydrogen-bond donors (Lipinski definition) is 1. The summed E-state index contributed by atoms with van der Waals surface area (Å²) in [5.74, 6) is 0.0558. The Hall–Kier alpha value is -0.640. The van der Waals surface area contributed by atoms with E-state index in [9.17, 15) is 4.39 Å². The van der Waals surface area contributed by atoms with Gasteiger partial charge in [-0.05, 0) is 17.5 Å². The Kier molecular flexibility index (Phi) is 5.02. The molecule has 1 N–H and O–H groups in total. The van der Waals surface area contributed by atoms with Crippen molar-refractivity contribution >= 4 is 11.6 Å². The lowest BCUT2D eigenvalue weighted by molar-refractivity contribution is 0.0196. The van der Waals surface area contributed by atoms with E-state index in [0.29, 0.717) is 24.6 Å². The molecule has 84 valence electrons. The van der Waals surface area contributed by atoms with Crippen LogP contribution in [0.4, 0.5) is 4.39 Å². The normalized spacial score (nSPS) is 11.0. The second-order valence-corrected chi connectivity index (χ2v) is 4.12. The van der Waals surface area contributed by atoms with Crippen LogP contribution in [-0.2, 0) is 11.4 Å². The van der Waals surface area contributed by atoms with Crippen molar-refractivity contribution in [3.8, 4) is 0 Å². The molecule has 0 aliphatic heterocycles. The Morgan fingerprint density at radius 1 is 1.47 bits per heavy atom. The molecule has 0 saturated heterocycles. The molecule has 1 aromatic rings. The predicted molar refractivity (Wildman–Crippen MR) is 59.0 cm³/mol. The Bertz CT molecular complexity index is 317. The molecule has 0 aliphatic carbocycles. The topological polar surface area (TPSA) is 21.3 Å². The first-order valence-corrected chi connectivity index (χ1v) is 5.26. The van der Waals surface area contributed by atoms with Gasteiger partial charge in [-0.2, -0.15) is 5.48 Å². The van der Waals surface area contributed by atoms with Gasteiger partial charge in [0.25, 0.3) is 0 Å². The molecule has 0 radical (unpaired) electrons. The van der Waals surface area contributed by atoms with Crippen LogP contribution in [0.3, 0.4) is 0 Å². The predicted octanol–water partition coefficient (Wildman–Crippen LogP) is 3.16. The maximum Gasteiger partial charge on any atom is 0.142 e. The van der Waals surface area contributed by atoms with Gasteiger partial charge in [-0.3, -0.25) is 0 Å². The largest absolute Gasteiger partial charge is 0.301 e. The van der Waals surface area contributed by atoms with Gasteiger partial charge in [-0.15, -0.1) is 0 Å². The molecular weight excluding hydrogens is 217 g/mol. The quantitative estimate of drug-likeness (QED) is 0.621. The van der Waals surface area contributed by atoms with Crippen LogP contribution in [0.2, 0.25) is 5.02 Å². The van der Waals surface area contributed by atoms with Gasteiger partial charge in [0.05, 0.1) is 11.6 Å². The fourth-order valence-electron chi connectivity index (χ4n) is 1.04. The summed E-state index contributed by atoms with van der Waals surface area (Å²) >= 11 is 5.76. The Morgan fingerprint density at radius 3 is 2.87 bits per heavy atom. The molecule has 2 nitrogen and oxygen atoms in total. The van der Waals surface area contributed by atoms with Crippen molar-refractivity contribution in [2.75, 3.05) is 6.61 Å². The molecule has 0 saturated carbocycles. The van der Waals surface area contributed by atoms with Crippen LogP contribution in [0.5, 0.6) is 0 Å². The summed E-state index contributed by atoms with van der Waals surface area (Å²) in [7, 11) is 0. The van der Waals surface area contributed by atoms with Crippen LogP contribution >= 0.6 is 11.6 Å². The molecular formula is C11H15ClFNO. The molecule has 0 unspecified atom stereocenters. The average Bonchev–Trinajstić information content (AvgIpc) is 2.18. The van der Waals surface area contributed by atoms with Crippen molar-refractivity contribution in [2.24, 2.45) is 5.92 Å². The minimum absolute atomic E-state index is 0.151. The first kappa shape index (κ1) is 12.4. The van der Waals surface area contributed by atoms with Crippen LogP contribution in [0.15, 0.2) is 18.2 Å². The molecule has 0 aromatic heterocycles. The highest BCUT2D eigenvalue weighted by Gasteiger charge is 2.04. The lowest BCUT2D eigenvalue weighted by Crippen LogP contribution is -2.17. The molecule has 15 heavy (non-hydrogen) atoms. The maximum absolute atomic E-state index is 13.0. The second-order valence-electron chi connectivity index (χ2n) is 3.74. The highest BCUT2D eigenvalue weighted by molar-refractivity contribution is 6.31. The van der Waals surface area contributed by atoms with Crippen molar-refractivity contribution in [1.29, 1.82) is 0 Å². The molecule has 1 aromatic carbocycles. The third-order valence-corrected chi connectivity index (χ3v) is 2.24. The van der Waals surface area contributed by atoms with E-state index in [1.54, 1.807) is 12.1 Å². The number of nitrogens with one attached hydrogen (secondary N) is 1. The average molecular weight is 232 g/mol. The number of hydroxylamine groups is 1. The monoisotopic (exact) mass is 231 g/mol. The minimum Gasteiger partial charge on any atom is -0.301 e. The van der Waals surface area contributed by atoms with Gasteiger partial charge in [0.2, 0.25) is 0 Å².